The van der Waals surface area contributed by atoms with E-state index in [2.05, 4.69) is 20.1 Å². The van der Waals surface area contributed by atoms with Gasteiger partial charge >= 0.3 is 0 Å². The first kappa shape index (κ1) is 14.9. The normalized spacial score (nSPS) is 10.6. The molecule has 3 aromatic heterocycles. The number of hydrogen-bond donors (Lipinski definition) is 0. The van der Waals surface area contributed by atoms with Crippen LogP contribution in [0.5, 0.6) is 0 Å². The molecule has 0 unspecified atom stereocenters. The predicted molar refractivity (Wildman–Crippen MR) is 94.1 cm³/mol. The zero-order valence-electron chi connectivity index (χ0n) is 13.1. The molecule has 0 amide bonds. The molecule has 25 heavy (non-hydrogen) atoms. The van der Waals surface area contributed by atoms with Crippen molar-refractivity contribution in [1.29, 1.82) is 0 Å². The Labute approximate surface area is 143 Å². The molecule has 6 nitrogen and oxygen atoms in total. The fourth-order valence-corrected chi connectivity index (χ4v) is 2.51. The summed E-state index contributed by atoms with van der Waals surface area (Å²) in [5.41, 5.74) is 2.22. The highest BCUT2D eigenvalue weighted by molar-refractivity contribution is 5.67. The quantitative estimate of drug-likeness (QED) is 0.578. The van der Waals surface area contributed by atoms with Gasteiger partial charge in [0.15, 0.2) is 5.82 Å². The maximum Gasteiger partial charge on any atom is 0.279 e. The molecule has 0 saturated carbocycles. The van der Waals surface area contributed by atoms with Crippen molar-refractivity contribution in [2.75, 3.05) is 0 Å². The molecule has 0 N–H and O–H groups in total. The van der Waals surface area contributed by atoms with Gasteiger partial charge < -0.3 is 0 Å². The fourth-order valence-electron chi connectivity index (χ4n) is 2.51. The predicted octanol–water partition coefficient (Wildman–Crippen LogP) is 2.75. The highest BCUT2D eigenvalue weighted by atomic mass is 16.1. The molecule has 120 valence electrons. The Morgan fingerprint density at radius 3 is 2.36 bits per heavy atom. The molecular formula is C19H13N5O. The summed E-state index contributed by atoms with van der Waals surface area (Å²) < 4.78 is 1.33. The van der Waals surface area contributed by atoms with Gasteiger partial charge in [0.05, 0.1) is 17.4 Å². The standard InChI is InChI=1S/C19H13N5O/c25-19-16(14-6-2-1-3-7-14)12-17(18-21-10-5-11-22-18)23-24(19)15-8-4-9-20-13-15/h1-13H. The van der Waals surface area contributed by atoms with E-state index in [0.717, 1.165) is 5.56 Å². The molecule has 0 saturated heterocycles. The van der Waals surface area contributed by atoms with Gasteiger partial charge in [0.25, 0.3) is 5.56 Å². The monoisotopic (exact) mass is 327 g/mol. The molecule has 0 aliphatic heterocycles. The molecule has 3 heterocycles. The first-order valence-corrected chi connectivity index (χ1v) is 7.70. The summed E-state index contributed by atoms with van der Waals surface area (Å²) in [7, 11) is 0. The maximum absolute atomic E-state index is 13.0. The molecule has 4 rings (SSSR count). The molecule has 6 heteroatoms. The largest absolute Gasteiger partial charge is 0.279 e. The maximum atomic E-state index is 13.0. The van der Waals surface area contributed by atoms with Crippen LogP contribution in [0, 0.1) is 0 Å². The third kappa shape index (κ3) is 2.92. The molecule has 0 bridgehead atoms. The molecule has 4 aromatic rings. The van der Waals surface area contributed by atoms with Crippen LogP contribution in [0.2, 0.25) is 0 Å². The Balaban J connectivity index is 2.00. The topological polar surface area (TPSA) is 73.6 Å². The van der Waals surface area contributed by atoms with E-state index in [4.69, 9.17) is 0 Å². The lowest BCUT2D eigenvalue weighted by molar-refractivity contribution is 0.805. The van der Waals surface area contributed by atoms with Crippen LogP contribution in [0.3, 0.4) is 0 Å². The third-order valence-electron chi connectivity index (χ3n) is 3.68. The van der Waals surface area contributed by atoms with E-state index in [1.54, 1.807) is 49.1 Å². The Morgan fingerprint density at radius 2 is 1.64 bits per heavy atom. The van der Waals surface area contributed by atoms with Gasteiger partial charge in [0.1, 0.15) is 5.69 Å². The summed E-state index contributed by atoms with van der Waals surface area (Å²) in [6.07, 6.45) is 6.53. The zero-order chi connectivity index (χ0) is 17.1. The molecule has 0 radical (unpaired) electrons. The van der Waals surface area contributed by atoms with Gasteiger partial charge in [-0.3, -0.25) is 9.78 Å². The van der Waals surface area contributed by atoms with Gasteiger partial charge in [0.2, 0.25) is 0 Å². The van der Waals surface area contributed by atoms with E-state index in [0.29, 0.717) is 22.8 Å². The van der Waals surface area contributed by atoms with Crippen LogP contribution in [-0.4, -0.2) is 24.7 Å². The van der Waals surface area contributed by atoms with Crippen LogP contribution in [0.4, 0.5) is 0 Å². The lowest BCUT2D eigenvalue weighted by atomic mass is 10.1. The number of hydrogen-bond acceptors (Lipinski definition) is 5. The van der Waals surface area contributed by atoms with Crippen LogP contribution < -0.4 is 5.56 Å². The third-order valence-corrected chi connectivity index (χ3v) is 3.68. The van der Waals surface area contributed by atoms with E-state index < -0.39 is 0 Å². The molecule has 0 aliphatic carbocycles. The lowest BCUT2D eigenvalue weighted by Crippen LogP contribution is -2.23. The molecule has 0 fully saturated rings. The van der Waals surface area contributed by atoms with Crippen molar-refractivity contribution in [2.24, 2.45) is 0 Å². The van der Waals surface area contributed by atoms with Crippen molar-refractivity contribution in [2.45, 2.75) is 0 Å². The molecule has 1 aromatic carbocycles. The van der Waals surface area contributed by atoms with E-state index in [-0.39, 0.29) is 5.56 Å². The van der Waals surface area contributed by atoms with E-state index in [1.807, 2.05) is 30.3 Å². The smallest absolute Gasteiger partial charge is 0.267 e. The Hall–Kier alpha value is -3.67. The van der Waals surface area contributed by atoms with Crippen molar-refractivity contribution in [3.05, 3.63) is 89.7 Å². The van der Waals surface area contributed by atoms with Crippen molar-refractivity contribution in [3.8, 4) is 28.3 Å². The summed E-state index contributed by atoms with van der Waals surface area (Å²) >= 11 is 0. The van der Waals surface area contributed by atoms with Crippen LogP contribution in [0.1, 0.15) is 0 Å². The minimum atomic E-state index is -0.223. The molecule has 0 atom stereocenters. The van der Waals surface area contributed by atoms with Crippen LogP contribution in [0.15, 0.2) is 84.2 Å². The van der Waals surface area contributed by atoms with Gasteiger partial charge in [-0.05, 0) is 29.8 Å². The fraction of sp³-hybridized carbons (Fsp3) is 0. The SMILES string of the molecule is O=c1c(-c2ccccc2)cc(-c2ncccn2)nn1-c1cccnc1. The Morgan fingerprint density at radius 1 is 0.840 bits per heavy atom. The van der Waals surface area contributed by atoms with Crippen LogP contribution in [0.25, 0.3) is 28.3 Å². The number of aromatic nitrogens is 5. The second-order valence-corrected chi connectivity index (χ2v) is 5.31. The summed E-state index contributed by atoms with van der Waals surface area (Å²) in [5.74, 6) is 0.456. The van der Waals surface area contributed by atoms with Gasteiger partial charge in [-0.2, -0.15) is 9.78 Å². The molecular weight excluding hydrogens is 314 g/mol. The van der Waals surface area contributed by atoms with Crippen LogP contribution in [-0.2, 0) is 0 Å². The minimum absolute atomic E-state index is 0.223. The number of rotatable bonds is 3. The van der Waals surface area contributed by atoms with Gasteiger partial charge in [0, 0.05) is 18.6 Å². The Kier molecular flexibility index (Phi) is 3.84. The van der Waals surface area contributed by atoms with E-state index >= 15 is 0 Å². The van der Waals surface area contributed by atoms with Crippen molar-refractivity contribution >= 4 is 0 Å². The average molecular weight is 327 g/mol. The van der Waals surface area contributed by atoms with Gasteiger partial charge in [-0.25, -0.2) is 9.97 Å². The van der Waals surface area contributed by atoms with Crippen molar-refractivity contribution in [3.63, 3.8) is 0 Å². The van der Waals surface area contributed by atoms with Gasteiger partial charge in [-0.1, -0.05) is 30.3 Å². The summed E-state index contributed by atoms with van der Waals surface area (Å²) in [6.45, 7) is 0. The highest BCUT2D eigenvalue weighted by Crippen LogP contribution is 2.20. The number of benzene rings is 1. The lowest BCUT2D eigenvalue weighted by Gasteiger charge is -2.10. The van der Waals surface area contributed by atoms with Gasteiger partial charge in [-0.15, -0.1) is 0 Å². The minimum Gasteiger partial charge on any atom is -0.267 e. The first-order valence-electron chi connectivity index (χ1n) is 7.70. The zero-order valence-corrected chi connectivity index (χ0v) is 13.1. The molecule has 0 spiro atoms. The summed E-state index contributed by atoms with van der Waals surface area (Å²) in [4.78, 5) is 25.5. The number of nitrogens with zero attached hydrogens (tertiary/aromatic N) is 5. The second kappa shape index (κ2) is 6.45. The van der Waals surface area contributed by atoms with E-state index in [1.165, 1.54) is 4.68 Å². The summed E-state index contributed by atoms with van der Waals surface area (Å²) in [5, 5.41) is 4.44. The molecule has 0 aliphatic rings. The van der Waals surface area contributed by atoms with Crippen LogP contribution >= 0.6 is 0 Å². The first-order chi connectivity index (χ1) is 12.3. The van der Waals surface area contributed by atoms with Crippen molar-refractivity contribution < 1.29 is 0 Å². The summed E-state index contributed by atoms with van der Waals surface area (Å²) in [6, 6.07) is 16.5. The highest BCUT2D eigenvalue weighted by Gasteiger charge is 2.14. The second-order valence-electron chi connectivity index (χ2n) is 5.31. The van der Waals surface area contributed by atoms with E-state index in [9.17, 15) is 4.79 Å². The van der Waals surface area contributed by atoms with Crippen molar-refractivity contribution in [1.82, 2.24) is 24.7 Å². The Bertz CT molecular complexity index is 984. The average Bonchev–Trinajstić information content (AvgIpc) is 2.70. The number of pyridine rings is 1.